The second-order valence-corrected chi connectivity index (χ2v) is 10.1. The van der Waals surface area contributed by atoms with Gasteiger partial charge >= 0.3 is 0 Å². The lowest BCUT2D eigenvalue weighted by Gasteiger charge is -2.33. The number of ether oxygens (including phenoxy) is 4. The molecule has 51 heavy (non-hydrogen) atoms. The van der Waals surface area contributed by atoms with Gasteiger partial charge in [-0.2, -0.15) is 0 Å². The zero-order chi connectivity index (χ0) is 32.9. The molecule has 292 valence electrons. The number of hydrogen-bond acceptors (Lipinski definition) is 10. The zero-order valence-corrected chi connectivity index (χ0v) is 25.3. The number of nitrogens with one attached hydrogen (secondary N) is 2. The van der Waals surface area contributed by atoms with Crippen molar-refractivity contribution in [2.24, 2.45) is 5.41 Å². The minimum atomic E-state index is -0.774. The Labute approximate surface area is 307 Å². The lowest BCUT2D eigenvalue weighted by molar-refractivity contribution is -0.139. The molecule has 0 saturated carbocycles. The van der Waals surface area contributed by atoms with E-state index in [4.69, 9.17) is 31.8 Å². The fraction of sp³-hybridized carbons (Fsp3) is 0.622. The monoisotopic (exact) mass is 724 g/mol. The molecule has 0 saturated heterocycles. The predicted octanol–water partition coefficient (Wildman–Crippen LogP) is 2.77. The summed E-state index contributed by atoms with van der Waals surface area (Å²) in [6.07, 6.45) is 16.1. The van der Waals surface area contributed by atoms with Crippen LogP contribution in [0, 0.1) is 30.1 Å². The van der Waals surface area contributed by atoms with E-state index in [9.17, 15) is 28.8 Å². The van der Waals surface area contributed by atoms with Gasteiger partial charge in [-0.1, -0.05) is 44.6 Å². The molecule has 6 amide bonds. The topological polar surface area (TPSA) is 170 Å². The predicted molar refractivity (Wildman–Crippen MR) is 200 cm³/mol. The fourth-order valence-corrected chi connectivity index (χ4v) is 4.10. The van der Waals surface area contributed by atoms with Gasteiger partial charge in [-0.3, -0.25) is 38.6 Å². The largest absolute Gasteiger partial charge is 0.380 e. The Bertz CT molecular complexity index is 1070. The van der Waals surface area contributed by atoms with Crippen molar-refractivity contribution in [2.75, 3.05) is 79.0 Å². The molecule has 0 atom stereocenters. The number of carbonyl (C=O) groups is 6. The van der Waals surface area contributed by atoms with Gasteiger partial charge in [0.15, 0.2) is 0 Å². The second-order valence-electron chi connectivity index (χ2n) is 10.1. The van der Waals surface area contributed by atoms with Crippen molar-refractivity contribution in [1.82, 2.24) is 20.4 Å². The molecule has 14 heteroatoms. The molecule has 0 aromatic carbocycles. The number of amides is 6. The maximum atomic E-state index is 12.2. The van der Waals surface area contributed by atoms with Gasteiger partial charge in [0.2, 0.25) is 11.8 Å². The van der Waals surface area contributed by atoms with Crippen LogP contribution in [0.1, 0.15) is 70.2 Å². The molecule has 2 aliphatic rings. The summed E-state index contributed by atoms with van der Waals surface area (Å²) in [6, 6.07) is 0. The van der Waals surface area contributed by atoms with E-state index in [2.05, 4.69) is 22.5 Å². The van der Waals surface area contributed by atoms with Crippen LogP contribution < -0.4 is 10.6 Å². The van der Waals surface area contributed by atoms with Crippen LogP contribution in [0.4, 0.5) is 0 Å². The van der Waals surface area contributed by atoms with Crippen molar-refractivity contribution in [1.29, 1.82) is 0 Å². The highest BCUT2D eigenvalue weighted by molar-refractivity contribution is 6.13. The number of imide groups is 2. The van der Waals surface area contributed by atoms with Crippen LogP contribution in [0.3, 0.4) is 0 Å². The summed E-state index contributed by atoms with van der Waals surface area (Å²) in [7, 11) is 0. The maximum absolute atomic E-state index is 12.2. The van der Waals surface area contributed by atoms with Gasteiger partial charge in [0.1, 0.15) is 0 Å². The summed E-state index contributed by atoms with van der Waals surface area (Å²) in [5.74, 6) is 2.55. The average molecular weight is 725 g/mol. The molecule has 0 aromatic heterocycles. The van der Waals surface area contributed by atoms with Crippen LogP contribution in [0.25, 0.3) is 0 Å². The van der Waals surface area contributed by atoms with Crippen molar-refractivity contribution in [2.45, 2.75) is 70.2 Å². The van der Waals surface area contributed by atoms with Gasteiger partial charge in [0.05, 0.1) is 58.3 Å². The van der Waals surface area contributed by atoms with Crippen molar-refractivity contribution in [3.63, 3.8) is 0 Å². The first kappa shape index (κ1) is 56.1. The summed E-state index contributed by atoms with van der Waals surface area (Å²) < 4.78 is 23.3. The Morgan fingerprint density at radius 2 is 0.863 bits per heavy atom. The molecule has 0 radical (unpaired) electrons. The molecule has 0 unspecified atom stereocenters. The van der Waals surface area contributed by atoms with Gasteiger partial charge in [0, 0.05) is 76.2 Å². The lowest BCUT2D eigenvalue weighted by atomic mass is 9.92. The van der Waals surface area contributed by atoms with E-state index in [0.29, 0.717) is 26.1 Å². The summed E-state index contributed by atoms with van der Waals surface area (Å²) in [5.41, 5.74) is -0.774. The molecule has 0 aromatic rings. The molecule has 2 N–H and O–H groups in total. The summed E-state index contributed by atoms with van der Waals surface area (Å²) >= 11 is 0. The van der Waals surface area contributed by atoms with Crippen LogP contribution in [0.5, 0.6) is 0 Å². The smallest absolute Gasteiger partial charge is 0.253 e. The molecule has 0 fully saturated rings. The van der Waals surface area contributed by atoms with E-state index in [1.165, 1.54) is 0 Å². The Morgan fingerprint density at radius 3 is 1.16 bits per heavy atom. The fourth-order valence-electron chi connectivity index (χ4n) is 4.10. The Morgan fingerprint density at radius 1 is 0.569 bits per heavy atom. The van der Waals surface area contributed by atoms with Gasteiger partial charge in [-0.15, -0.1) is 24.7 Å². The number of carbonyl (C=O) groups excluding carboxylic acids is 6. The van der Waals surface area contributed by atoms with Crippen molar-refractivity contribution < 1.29 is 47.7 Å². The molecule has 2 aliphatic heterocycles. The van der Waals surface area contributed by atoms with E-state index in [1.54, 1.807) is 0 Å². The van der Waals surface area contributed by atoms with E-state index < -0.39 is 29.0 Å². The van der Waals surface area contributed by atoms with Gasteiger partial charge < -0.3 is 29.6 Å². The van der Waals surface area contributed by atoms with E-state index in [-0.39, 0.29) is 135 Å². The first-order chi connectivity index (χ1) is 21.7. The van der Waals surface area contributed by atoms with Crippen molar-refractivity contribution >= 4 is 35.4 Å². The van der Waals surface area contributed by atoms with E-state index >= 15 is 0 Å². The Hall–Kier alpha value is -4.34. The quantitative estimate of drug-likeness (QED) is 0.0858. The van der Waals surface area contributed by atoms with Crippen molar-refractivity contribution in [3.05, 3.63) is 24.3 Å². The van der Waals surface area contributed by atoms with Gasteiger partial charge in [0.25, 0.3) is 23.6 Å². The zero-order valence-electron chi connectivity index (χ0n) is 25.3. The first-order valence-corrected chi connectivity index (χ1v) is 14.5. The maximum Gasteiger partial charge on any atom is 0.253 e. The summed E-state index contributed by atoms with van der Waals surface area (Å²) in [4.78, 5) is 72.8. The highest BCUT2D eigenvalue weighted by Crippen LogP contribution is 2.21. The van der Waals surface area contributed by atoms with E-state index in [1.807, 2.05) is 0 Å². The number of nitrogens with zero attached hydrogens (tertiary/aromatic N) is 2. The average Bonchev–Trinajstić information content (AvgIpc) is 3.52. The third-order valence-electron chi connectivity index (χ3n) is 6.48. The van der Waals surface area contributed by atoms with Gasteiger partial charge in [-0.25, -0.2) is 0 Å². The third kappa shape index (κ3) is 21.5. The summed E-state index contributed by atoms with van der Waals surface area (Å²) in [5, 5.41) is 5.38. The first-order valence-electron chi connectivity index (χ1n) is 14.5. The number of rotatable bonds is 24. The lowest BCUT2D eigenvalue weighted by Crippen LogP contribution is -2.43. The van der Waals surface area contributed by atoms with Gasteiger partial charge in [-0.05, 0) is 0 Å². The normalized spacial score (nSPS) is 12.6. The highest BCUT2D eigenvalue weighted by Gasteiger charge is 2.33. The molecule has 0 aliphatic carbocycles. The third-order valence-corrected chi connectivity index (χ3v) is 6.48. The SMILES string of the molecule is C.C.C.C.C.C.C#CCCOCC(COCCC#C)(COCCNC(=O)CCN1C(=O)C=CC1=O)COCCNC(=O)CCN1C(=O)C=CC1=O. The van der Waals surface area contributed by atoms with Crippen LogP contribution >= 0.6 is 0 Å². The molecular weight excluding hydrogens is 660 g/mol. The Kier molecular flexibility index (Phi) is 34.8. The van der Waals surface area contributed by atoms with Crippen molar-refractivity contribution in [3.8, 4) is 24.7 Å². The number of terminal acetylenes is 2. The molecule has 0 spiro atoms. The second kappa shape index (κ2) is 31.6. The van der Waals surface area contributed by atoms with Crippen LogP contribution in [0.15, 0.2) is 24.3 Å². The highest BCUT2D eigenvalue weighted by atomic mass is 16.5. The minimum absolute atomic E-state index is 0. The molecule has 2 rings (SSSR count). The number of hydrogen-bond donors (Lipinski definition) is 2. The van der Waals surface area contributed by atoms with Crippen LogP contribution in [-0.2, 0) is 47.7 Å². The molecule has 2 heterocycles. The Balaban J connectivity index is -0.00000118. The standard InChI is InChI=1S/C31H40N4O10.6CH4/c1-3-5-17-42-21-31(22-43-18-6-4-2,23-44-19-13-32-25(36)11-15-34-27(38)7-8-28(34)39)24-45-20-14-33-26(37)12-16-35-29(40)9-10-30(35)41;;;;;;/h1-2,7-10H,5-6,11-24H2,(H,32,36)(H,33,37);6*1H4. The minimum Gasteiger partial charge on any atom is -0.380 e. The summed E-state index contributed by atoms with van der Waals surface area (Å²) in [6.45, 7) is 1.89. The molecule has 14 nitrogen and oxygen atoms in total. The van der Waals surface area contributed by atoms with Crippen LogP contribution in [-0.4, -0.2) is 124 Å². The molecular formula is C37H64N4O10. The van der Waals surface area contributed by atoms with E-state index in [0.717, 1.165) is 34.1 Å². The molecule has 0 bridgehead atoms. The van der Waals surface area contributed by atoms with Crippen LogP contribution in [0.2, 0.25) is 0 Å².